The fourth-order valence-corrected chi connectivity index (χ4v) is 4.00. The van der Waals surface area contributed by atoms with E-state index in [1.165, 1.54) is 71.5 Å². The van der Waals surface area contributed by atoms with E-state index < -0.39 is 0 Å². The Labute approximate surface area is 111 Å². The Morgan fingerprint density at radius 1 is 0.722 bits per heavy atom. The highest BCUT2D eigenvalue weighted by molar-refractivity contribution is 4.92. The monoisotopic (exact) mass is 252 g/mol. The summed E-state index contributed by atoms with van der Waals surface area (Å²) in [6, 6.07) is 1.64. The lowest BCUT2D eigenvalue weighted by molar-refractivity contribution is 0.0430. The van der Waals surface area contributed by atoms with Crippen molar-refractivity contribution in [3.05, 3.63) is 0 Å². The van der Waals surface area contributed by atoms with E-state index in [0.29, 0.717) is 0 Å². The second-order valence-corrected chi connectivity index (χ2v) is 6.08. The SMILES string of the molecule is C1CC(C2CNCCN2C2CCNCC2)CCN1. The van der Waals surface area contributed by atoms with Gasteiger partial charge in [-0.15, -0.1) is 0 Å². The van der Waals surface area contributed by atoms with E-state index in [1.54, 1.807) is 0 Å². The van der Waals surface area contributed by atoms with Crippen LogP contribution in [0.25, 0.3) is 0 Å². The van der Waals surface area contributed by atoms with E-state index in [9.17, 15) is 0 Å². The minimum Gasteiger partial charge on any atom is -0.317 e. The first-order valence-electron chi connectivity index (χ1n) is 7.83. The highest BCUT2D eigenvalue weighted by Crippen LogP contribution is 2.26. The van der Waals surface area contributed by atoms with E-state index in [4.69, 9.17) is 0 Å². The molecule has 3 saturated heterocycles. The fraction of sp³-hybridized carbons (Fsp3) is 1.00. The molecule has 1 unspecified atom stereocenters. The topological polar surface area (TPSA) is 39.3 Å². The number of rotatable bonds is 2. The Kier molecular flexibility index (Phi) is 4.52. The number of piperazine rings is 1. The maximum atomic E-state index is 3.62. The van der Waals surface area contributed by atoms with E-state index in [-0.39, 0.29) is 0 Å². The van der Waals surface area contributed by atoms with Crippen LogP contribution in [0.15, 0.2) is 0 Å². The predicted molar refractivity (Wildman–Crippen MR) is 74.8 cm³/mol. The average Bonchev–Trinajstić information content (AvgIpc) is 2.49. The second-order valence-electron chi connectivity index (χ2n) is 6.08. The zero-order valence-electron chi connectivity index (χ0n) is 11.5. The van der Waals surface area contributed by atoms with Gasteiger partial charge >= 0.3 is 0 Å². The molecule has 0 aromatic rings. The standard InChI is InChI=1S/C14H28N4/c1-5-15-6-2-12(1)14-11-17-9-10-18(14)13-3-7-16-8-4-13/h12-17H,1-11H2. The van der Waals surface area contributed by atoms with Crippen LogP contribution in [0.3, 0.4) is 0 Å². The van der Waals surface area contributed by atoms with Gasteiger partial charge in [0.2, 0.25) is 0 Å². The smallest absolute Gasteiger partial charge is 0.0253 e. The molecule has 3 N–H and O–H groups in total. The van der Waals surface area contributed by atoms with Gasteiger partial charge in [-0.25, -0.2) is 0 Å². The first-order valence-corrected chi connectivity index (χ1v) is 7.83. The summed E-state index contributed by atoms with van der Waals surface area (Å²) >= 11 is 0. The number of piperidine rings is 2. The Balaban J connectivity index is 1.64. The summed E-state index contributed by atoms with van der Waals surface area (Å²) in [6.07, 6.45) is 5.44. The first-order chi connectivity index (χ1) is 8.95. The molecule has 0 aromatic heterocycles. The van der Waals surface area contributed by atoms with Crippen molar-refractivity contribution >= 4 is 0 Å². The fourth-order valence-electron chi connectivity index (χ4n) is 4.00. The van der Waals surface area contributed by atoms with Crippen LogP contribution in [-0.2, 0) is 0 Å². The summed E-state index contributed by atoms with van der Waals surface area (Å²) in [4.78, 5) is 2.85. The van der Waals surface area contributed by atoms with Crippen molar-refractivity contribution in [1.29, 1.82) is 0 Å². The van der Waals surface area contributed by atoms with Crippen LogP contribution >= 0.6 is 0 Å². The van der Waals surface area contributed by atoms with Crippen molar-refractivity contribution in [1.82, 2.24) is 20.9 Å². The molecule has 1 atom stereocenters. The molecule has 4 heteroatoms. The number of nitrogens with one attached hydrogen (secondary N) is 3. The summed E-state index contributed by atoms with van der Waals surface area (Å²) in [5.74, 6) is 0.911. The normalized spacial score (nSPS) is 33.7. The van der Waals surface area contributed by atoms with Gasteiger partial charge in [0.05, 0.1) is 0 Å². The third-order valence-corrected chi connectivity index (χ3v) is 5.03. The Morgan fingerprint density at radius 3 is 2.11 bits per heavy atom. The molecule has 0 aliphatic carbocycles. The van der Waals surface area contributed by atoms with Gasteiger partial charge < -0.3 is 16.0 Å². The first kappa shape index (κ1) is 12.9. The molecular formula is C14H28N4. The van der Waals surface area contributed by atoms with Gasteiger partial charge in [-0.3, -0.25) is 4.90 Å². The van der Waals surface area contributed by atoms with Crippen molar-refractivity contribution in [3.63, 3.8) is 0 Å². The van der Waals surface area contributed by atoms with Crippen molar-refractivity contribution in [3.8, 4) is 0 Å². The second kappa shape index (κ2) is 6.33. The van der Waals surface area contributed by atoms with Crippen molar-refractivity contribution < 1.29 is 0 Å². The molecule has 104 valence electrons. The zero-order valence-corrected chi connectivity index (χ0v) is 11.5. The lowest BCUT2D eigenvalue weighted by Crippen LogP contribution is -2.60. The largest absolute Gasteiger partial charge is 0.317 e. The van der Waals surface area contributed by atoms with E-state index in [0.717, 1.165) is 18.0 Å². The van der Waals surface area contributed by atoms with E-state index in [2.05, 4.69) is 20.9 Å². The summed E-state index contributed by atoms with van der Waals surface area (Å²) < 4.78 is 0. The third kappa shape index (κ3) is 2.87. The molecule has 0 spiro atoms. The van der Waals surface area contributed by atoms with Crippen LogP contribution in [0, 0.1) is 5.92 Å². The lowest BCUT2D eigenvalue weighted by atomic mass is 9.86. The molecule has 0 amide bonds. The quantitative estimate of drug-likeness (QED) is 0.647. The van der Waals surface area contributed by atoms with Crippen molar-refractivity contribution in [2.24, 2.45) is 5.92 Å². The lowest BCUT2D eigenvalue weighted by Gasteiger charge is -2.47. The van der Waals surface area contributed by atoms with Crippen LogP contribution in [-0.4, -0.2) is 62.8 Å². The Morgan fingerprint density at radius 2 is 1.39 bits per heavy atom. The van der Waals surface area contributed by atoms with E-state index >= 15 is 0 Å². The van der Waals surface area contributed by atoms with Crippen LogP contribution in [0.4, 0.5) is 0 Å². The zero-order chi connectivity index (χ0) is 12.2. The van der Waals surface area contributed by atoms with Crippen LogP contribution < -0.4 is 16.0 Å². The number of hydrogen-bond donors (Lipinski definition) is 3. The highest BCUT2D eigenvalue weighted by Gasteiger charge is 2.34. The van der Waals surface area contributed by atoms with Crippen molar-refractivity contribution in [2.45, 2.75) is 37.8 Å². The van der Waals surface area contributed by atoms with Gasteiger partial charge in [-0.05, 0) is 57.8 Å². The minimum absolute atomic E-state index is 0.795. The maximum absolute atomic E-state index is 3.62. The maximum Gasteiger partial charge on any atom is 0.0253 e. The number of hydrogen-bond acceptors (Lipinski definition) is 4. The average molecular weight is 252 g/mol. The molecule has 0 bridgehead atoms. The molecule has 0 aromatic carbocycles. The molecule has 0 radical (unpaired) electrons. The summed E-state index contributed by atoms with van der Waals surface area (Å²) in [7, 11) is 0. The van der Waals surface area contributed by atoms with E-state index in [1.807, 2.05) is 0 Å². The number of nitrogens with zero attached hydrogens (tertiary/aromatic N) is 1. The summed E-state index contributed by atoms with van der Waals surface area (Å²) in [6.45, 7) is 8.54. The van der Waals surface area contributed by atoms with Gasteiger partial charge in [0.25, 0.3) is 0 Å². The van der Waals surface area contributed by atoms with Crippen molar-refractivity contribution in [2.75, 3.05) is 45.8 Å². The molecular weight excluding hydrogens is 224 g/mol. The highest BCUT2D eigenvalue weighted by atomic mass is 15.3. The summed E-state index contributed by atoms with van der Waals surface area (Å²) in [5.41, 5.74) is 0. The molecule has 3 aliphatic heterocycles. The molecule has 3 aliphatic rings. The van der Waals surface area contributed by atoms with Crippen LogP contribution in [0.2, 0.25) is 0 Å². The Hall–Kier alpha value is -0.160. The molecule has 4 nitrogen and oxygen atoms in total. The Bertz CT molecular complexity index is 220. The molecule has 18 heavy (non-hydrogen) atoms. The van der Waals surface area contributed by atoms with Gasteiger partial charge in [0.15, 0.2) is 0 Å². The third-order valence-electron chi connectivity index (χ3n) is 5.03. The minimum atomic E-state index is 0.795. The predicted octanol–water partition coefficient (Wildman–Crippen LogP) is 0.0118. The van der Waals surface area contributed by atoms with Gasteiger partial charge in [0, 0.05) is 31.7 Å². The summed E-state index contributed by atoms with van der Waals surface area (Å²) in [5, 5.41) is 10.6. The van der Waals surface area contributed by atoms with Gasteiger partial charge in [-0.2, -0.15) is 0 Å². The molecule has 3 rings (SSSR count). The van der Waals surface area contributed by atoms with Crippen LogP contribution in [0.1, 0.15) is 25.7 Å². The van der Waals surface area contributed by atoms with Crippen LogP contribution in [0.5, 0.6) is 0 Å². The van der Waals surface area contributed by atoms with Gasteiger partial charge in [0.1, 0.15) is 0 Å². The molecule has 0 saturated carbocycles. The molecule has 3 fully saturated rings. The van der Waals surface area contributed by atoms with Gasteiger partial charge in [-0.1, -0.05) is 0 Å². The molecule has 3 heterocycles.